The molecule has 2 aromatic carbocycles. The molecule has 5 nitrogen and oxygen atoms in total. The summed E-state index contributed by atoms with van der Waals surface area (Å²) in [5.41, 5.74) is 2.14. The van der Waals surface area contributed by atoms with Gasteiger partial charge in [0.1, 0.15) is 5.75 Å². The van der Waals surface area contributed by atoms with Gasteiger partial charge in [0.25, 0.3) is 5.91 Å². The highest BCUT2D eigenvalue weighted by Crippen LogP contribution is 2.22. The number of aryl methyl sites for hydroxylation is 1. The summed E-state index contributed by atoms with van der Waals surface area (Å²) >= 11 is 6.01. The lowest BCUT2D eigenvalue weighted by atomic mass is 10.1. The Bertz CT molecular complexity index is 713. The van der Waals surface area contributed by atoms with Gasteiger partial charge in [-0.15, -0.1) is 0 Å². The molecule has 0 saturated heterocycles. The van der Waals surface area contributed by atoms with Crippen LogP contribution >= 0.6 is 11.6 Å². The number of hydrogen-bond acceptors (Lipinski definition) is 4. The molecule has 23 heavy (non-hydrogen) atoms. The number of carbonyl (C=O) groups is 2. The van der Waals surface area contributed by atoms with Gasteiger partial charge in [0, 0.05) is 0 Å². The van der Waals surface area contributed by atoms with Crippen molar-refractivity contribution in [3.63, 3.8) is 0 Å². The molecule has 0 bridgehead atoms. The molecule has 1 amide bonds. The van der Waals surface area contributed by atoms with E-state index in [1.54, 1.807) is 24.3 Å². The molecule has 6 heteroatoms. The van der Waals surface area contributed by atoms with Crippen LogP contribution in [0.5, 0.6) is 5.75 Å². The maximum atomic E-state index is 11.8. The molecular weight excluding hydrogens is 318 g/mol. The number of carbonyl (C=O) groups excluding carboxylic acids is 2. The average molecular weight is 334 g/mol. The Morgan fingerprint density at radius 1 is 1.17 bits per heavy atom. The van der Waals surface area contributed by atoms with Crippen molar-refractivity contribution in [3.05, 3.63) is 58.6 Å². The monoisotopic (exact) mass is 333 g/mol. The van der Waals surface area contributed by atoms with Crippen LogP contribution in [0.3, 0.4) is 0 Å². The van der Waals surface area contributed by atoms with Crippen LogP contribution in [-0.4, -0.2) is 23.6 Å². The predicted octanol–water partition coefficient (Wildman–Crippen LogP) is 3.08. The van der Waals surface area contributed by atoms with Crippen molar-refractivity contribution in [1.82, 2.24) is 0 Å². The maximum Gasteiger partial charge on any atom is 0.310 e. The van der Waals surface area contributed by atoms with Crippen LogP contribution in [0.25, 0.3) is 0 Å². The van der Waals surface area contributed by atoms with Gasteiger partial charge < -0.3 is 15.2 Å². The first-order valence-corrected chi connectivity index (χ1v) is 7.31. The average Bonchev–Trinajstić information content (AvgIpc) is 2.50. The van der Waals surface area contributed by atoms with Crippen molar-refractivity contribution < 1.29 is 19.4 Å². The van der Waals surface area contributed by atoms with Crippen LogP contribution in [0.1, 0.15) is 11.1 Å². The van der Waals surface area contributed by atoms with Crippen molar-refractivity contribution in [2.75, 3.05) is 11.9 Å². The number of aromatic hydroxyl groups is 1. The molecule has 0 heterocycles. The molecule has 2 aromatic rings. The Kier molecular flexibility index (Phi) is 5.60. The van der Waals surface area contributed by atoms with Crippen LogP contribution in [-0.2, 0) is 20.7 Å². The molecule has 2 rings (SSSR count). The van der Waals surface area contributed by atoms with Crippen LogP contribution < -0.4 is 5.32 Å². The molecule has 2 N–H and O–H groups in total. The fourth-order valence-corrected chi connectivity index (χ4v) is 2.17. The van der Waals surface area contributed by atoms with Gasteiger partial charge in [-0.3, -0.25) is 9.59 Å². The Morgan fingerprint density at radius 3 is 2.52 bits per heavy atom. The van der Waals surface area contributed by atoms with Crippen molar-refractivity contribution in [1.29, 1.82) is 0 Å². The van der Waals surface area contributed by atoms with E-state index in [1.807, 2.05) is 13.0 Å². The van der Waals surface area contributed by atoms with Crippen molar-refractivity contribution in [2.45, 2.75) is 13.3 Å². The SMILES string of the molecule is Cc1ccc(NC(=O)COC(=O)Cc2ccc(O)cc2)c(Cl)c1. The minimum Gasteiger partial charge on any atom is -0.508 e. The minimum absolute atomic E-state index is 0.0266. The summed E-state index contributed by atoms with van der Waals surface area (Å²) in [5.74, 6) is -0.868. The summed E-state index contributed by atoms with van der Waals surface area (Å²) in [5, 5.41) is 12.2. The number of rotatable bonds is 5. The number of ether oxygens (including phenoxy) is 1. The zero-order valence-corrected chi connectivity index (χ0v) is 13.3. The Labute approximate surface area is 138 Å². The van der Waals surface area contributed by atoms with E-state index < -0.39 is 11.9 Å². The molecule has 0 aliphatic heterocycles. The minimum atomic E-state index is -0.527. The number of nitrogens with one attached hydrogen (secondary N) is 1. The van der Waals surface area contributed by atoms with Gasteiger partial charge >= 0.3 is 5.97 Å². The van der Waals surface area contributed by atoms with E-state index in [0.717, 1.165) is 5.56 Å². The first kappa shape index (κ1) is 16.8. The molecule has 0 saturated carbocycles. The first-order valence-electron chi connectivity index (χ1n) is 6.93. The number of hydrogen-bond donors (Lipinski definition) is 2. The van der Waals surface area contributed by atoms with Crippen molar-refractivity contribution >= 4 is 29.2 Å². The van der Waals surface area contributed by atoms with Gasteiger partial charge in [-0.1, -0.05) is 29.8 Å². The topological polar surface area (TPSA) is 75.6 Å². The number of amides is 1. The number of benzene rings is 2. The van der Waals surface area contributed by atoms with Gasteiger partial charge in [-0.05, 0) is 42.3 Å². The highest BCUT2D eigenvalue weighted by atomic mass is 35.5. The summed E-state index contributed by atoms with van der Waals surface area (Å²) in [7, 11) is 0. The van der Waals surface area contributed by atoms with Crippen LogP contribution in [0, 0.1) is 6.92 Å². The quantitative estimate of drug-likeness (QED) is 0.824. The summed E-state index contributed by atoms with van der Waals surface area (Å²) in [6.07, 6.45) is 0.0266. The van der Waals surface area contributed by atoms with Crippen molar-refractivity contribution in [3.8, 4) is 5.75 Å². The van der Waals surface area contributed by atoms with Gasteiger partial charge in [-0.2, -0.15) is 0 Å². The van der Waals surface area contributed by atoms with E-state index in [-0.39, 0.29) is 18.8 Å². The molecule has 0 aliphatic carbocycles. The zero-order chi connectivity index (χ0) is 16.8. The summed E-state index contributed by atoms with van der Waals surface area (Å²) in [4.78, 5) is 23.4. The third kappa shape index (κ3) is 5.30. The Hall–Kier alpha value is -2.53. The second-order valence-corrected chi connectivity index (χ2v) is 5.44. The van der Waals surface area contributed by atoms with Crippen LogP contribution in [0.4, 0.5) is 5.69 Å². The molecule has 0 fully saturated rings. The number of phenolic OH excluding ortho intramolecular Hbond substituents is 1. The highest BCUT2D eigenvalue weighted by Gasteiger charge is 2.10. The Balaban J connectivity index is 1.81. The smallest absolute Gasteiger partial charge is 0.310 e. The molecule has 0 aliphatic rings. The standard InChI is InChI=1S/C17H16ClNO4/c1-11-2-7-15(14(18)8-11)19-16(21)10-23-17(22)9-12-3-5-13(20)6-4-12/h2-8,20H,9-10H2,1H3,(H,19,21). The highest BCUT2D eigenvalue weighted by molar-refractivity contribution is 6.33. The molecular formula is C17H16ClNO4. The number of phenols is 1. The molecule has 0 unspecified atom stereocenters. The fraction of sp³-hybridized carbons (Fsp3) is 0.176. The van der Waals surface area contributed by atoms with E-state index in [1.165, 1.54) is 12.1 Å². The molecule has 0 radical (unpaired) electrons. The Morgan fingerprint density at radius 2 is 1.87 bits per heavy atom. The molecule has 0 spiro atoms. The van der Waals surface area contributed by atoms with Gasteiger partial charge in [0.15, 0.2) is 6.61 Å². The molecule has 0 atom stereocenters. The summed E-state index contributed by atoms with van der Waals surface area (Å²) in [6, 6.07) is 11.4. The summed E-state index contributed by atoms with van der Waals surface area (Å²) in [6.45, 7) is 1.50. The third-order valence-electron chi connectivity index (χ3n) is 3.05. The van der Waals surface area contributed by atoms with E-state index in [2.05, 4.69) is 5.32 Å². The number of anilines is 1. The lowest BCUT2D eigenvalue weighted by Crippen LogP contribution is -2.21. The first-order chi connectivity index (χ1) is 10.9. The maximum absolute atomic E-state index is 11.8. The normalized spacial score (nSPS) is 10.2. The van der Waals surface area contributed by atoms with Gasteiger partial charge in [-0.25, -0.2) is 0 Å². The van der Waals surface area contributed by atoms with Crippen molar-refractivity contribution in [2.24, 2.45) is 0 Å². The van der Waals surface area contributed by atoms with Gasteiger partial charge in [0.2, 0.25) is 0 Å². The fourth-order valence-electron chi connectivity index (χ4n) is 1.89. The van der Waals surface area contributed by atoms with E-state index in [0.29, 0.717) is 16.3 Å². The lowest BCUT2D eigenvalue weighted by Gasteiger charge is -2.08. The zero-order valence-electron chi connectivity index (χ0n) is 12.5. The second-order valence-electron chi connectivity index (χ2n) is 5.04. The van der Waals surface area contributed by atoms with Crippen LogP contribution in [0.15, 0.2) is 42.5 Å². The second kappa shape index (κ2) is 7.65. The number of halogens is 1. The van der Waals surface area contributed by atoms with E-state index in [9.17, 15) is 9.59 Å². The van der Waals surface area contributed by atoms with Crippen LogP contribution in [0.2, 0.25) is 5.02 Å². The van der Waals surface area contributed by atoms with Gasteiger partial charge in [0.05, 0.1) is 17.1 Å². The lowest BCUT2D eigenvalue weighted by molar-refractivity contribution is -0.146. The van der Waals surface area contributed by atoms with E-state index >= 15 is 0 Å². The molecule has 120 valence electrons. The largest absolute Gasteiger partial charge is 0.508 e. The molecule has 0 aromatic heterocycles. The van der Waals surface area contributed by atoms with E-state index in [4.69, 9.17) is 21.4 Å². The number of esters is 1. The third-order valence-corrected chi connectivity index (χ3v) is 3.36. The summed E-state index contributed by atoms with van der Waals surface area (Å²) < 4.78 is 4.92. The predicted molar refractivity (Wildman–Crippen MR) is 87.6 cm³/mol.